The highest BCUT2D eigenvalue weighted by Gasteiger charge is 2.19. The molecule has 0 amide bonds. The van der Waals surface area contributed by atoms with Crippen LogP contribution >= 0.6 is 0 Å². The van der Waals surface area contributed by atoms with E-state index in [1.54, 1.807) is 12.1 Å². The van der Waals surface area contributed by atoms with Gasteiger partial charge in [-0.2, -0.15) is 0 Å². The maximum absolute atomic E-state index is 11.5. The number of carboxylic acid groups (broad SMARTS) is 1. The molecule has 4 nitrogen and oxygen atoms in total. The molecule has 0 atom stereocenters. The summed E-state index contributed by atoms with van der Waals surface area (Å²) < 4.78 is 6.15. The molecule has 0 saturated carbocycles. The zero-order valence-corrected chi connectivity index (χ0v) is 18.0. The molecule has 27 heavy (non-hydrogen) atoms. The van der Waals surface area contributed by atoms with Crippen molar-refractivity contribution in [1.29, 1.82) is 0 Å². The van der Waals surface area contributed by atoms with Crippen molar-refractivity contribution in [3.8, 4) is 5.75 Å². The monoisotopic (exact) mass is 378 g/mol. The fourth-order valence-corrected chi connectivity index (χ4v) is 3.19. The highest BCUT2D eigenvalue weighted by molar-refractivity contribution is 5.88. The second-order valence-corrected chi connectivity index (χ2v) is 8.78. The molecule has 1 rings (SSSR count). The van der Waals surface area contributed by atoms with Crippen LogP contribution < -0.4 is 4.74 Å². The topological polar surface area (TPSA) is 66.8 Å². The first-order chi connectivity index (χ1) is 12.5. The maximum Gasteiger partial charge on any atom is 0.335 e. The molecule has 1 aromatic carbocycles. The van der Waals surface area contributed by atoms with Crippen molar-refractivity contribution in [2.75, 3.05) is 6.61 Å². The van der Waals surface area contributed by atoms with Gasteiger partial charge in [0.1, 0.15) is 5.75 Å². The van der Waals surface area contributed by atoms with E-state index in [0.717, 1.165) is 55.4 Å². The van der Waals surface area contributed by atoms with Gasteiger partial charge < -0.3 is 14.9 Å². The molecule has 0 unspecified atom stereocenters. The third-order valence-corrected chi connectivity index (χ3v) is 4.82. The van der Waals surface area contributed by atoms with Crippen molar-refractivity contribution in [1.82, 2.24) is 0 Å². The zero-order chi connectivity index (χ0) is 20.6. The van der Waals surface area contributed by atoms with E-state index in [1.807, 2.05) is 13.8 Å². The van der Waals surface area contributed by atoms with Crippen LogP contribution in [0.2, 0.25) is 0 Å². The predicted octanol–water partition coefficient (Wildman–Crippen LogP) is 6.12. The average molecular weight is 379 g/mol. The molecule has 0 aliphatic rings. The van der Waals surface area contributed by atoms with Crippen LogP contribution in [0.25, 0.3) is 0 Å². The Hall–Kier alpha value is -1.55. The number of benzene rings is 1. The van der Waals surface area contributed by atoms with Crippen molar-refractivity contribution < 1.29 is 19.7 Å². The van der Waals surface area contributed by atoms with Gasteiger partial charge >= 0.3 is 5.97 Å². The van der Waals surface area contributed by atoms with Gasteiger partial charge in [0, 0.05) is 0 Å². The van der Waals surface area contributed by atoms with Crippen molar-refractivity contribution in [3.63, 3.8) is 0 Å². The van der Waals surface area contributed by atoms with E-state index in [2.05, 4.69) is 27.7 Å². The fraction of sp³-hybridized carbons (Fsp3) is 0.696. The van der Waals surface area contributed by atoms with Gasteiger partial charge in [-0.05, 0) is 61.8 Å². The van der Waals surface area contributed by atoms with E-state index in [-0.39, 0.29) is 11.8 Å². The van der Waals surface area contributed by atoms with Crippen LogP contribution in [0, 0.1) is 0 Å². The molecule has 0 fully saturated rings. The second kappa shape index (κ2) is 10.7. The van der Waals surface area contributed by atoms with E-state index in [1.165, 1.54) is 0 Å². The molecule has 0 bridgehead atoms. The molecule has 4 heteroatoms. The third-order valence-electron chi connectivity index (χ3n) is 4.82. The zero-order valence-electron chi connectivity index (χ0n) is 18.0. The molecule has 0 heterocycles. The Labute approximate surface area is 164 Å². The summed E-state index contributed by atoms with van der Waals surface area (Å²) in [5.74, 6) is 0.390. The number of hydrogen-bond acceptors (Lipinski definition) is 3. The van der Waals surface area contributed by atoms with Gasteiger partial charge in [-0.15, -0.1) is 0 Å². The molecule has 2 N–H and O–H groups in total. The summed E-state index contributed by atoms with van der Waals surface area (Å²) in [6.45, 7) is 12.6. The quantitative estimate of drug-likeness (QED) is 0.430. The lowest BCUT2D eigenvalue weighted by Gasteiger charge is -2.21. The molecule has 0 saturated heterocycles. The Kier molecular flexibility index (Phi) is 9.31. The van der Waals surface area contributed by atoms with E-state index in [4.69, 9.17) is 4.74 Å². The summed E-state index contributed by atoms with van der Waals surface area (Å²) in [5.41, 5.74) is 1.72. The van der Waals surface area contributed by atoms with Crippen molar-refractivity contribution in [2.24, 2.45) is 0 Å². The first-order valence-electron chi connectivity index (χ1n) is 10.3. The Balaban J connectivity index is 2.64. The normalized spacial score (nSPS) is 12.0. The molecule has 0 aliphatic heterocycles. The van der Waals surface area contributed by atoms with Crippen LogP contribution in [0.3, 0.4) is 0 Å². The average Bonchev–Trinajstić information content (AvgIpc) is 2.55. The Bertz CT molecular complexity index is 568. The number of ether oxygens (including phenoxy) is 1. The fourth-order valence-electron chi connectivity index (χ4n) is 3.19. The van der Waals surface area contributed by atoms with Crippen molar-refractivity contribution in [2.45, 2.75) is 97.5 Å². The molecule has 0 aromatic heterocycles. The number of carboxylic acids is 1. The number of aliphatic hydroxyl groups is 1. The Morgan fingerprint density at radius 3 is 1.89 bits per heavy atom. The summed E-state index contributed by atoms with van der Waals surface area (Å²) >= 11 is 0. The van der Waals surface area contributed by atoms with E-state index in [9.17, 15) is 15.0 Å². The van der Waals surface area contributed by atoms with Crippen LogP contribution in [0.4, 0.5) is 0 Å². The van der Waals surface area contributed by atoms with Crippen molar-refractivity contribution in [3.05, 3.63) is 28.8 Å². The minimum absolute atomic E-state index is 0.207. The van der Waals surface area contributed by atoms with E-state index < -0.39 is 11.6 Å². The van der Waals surface area contributed by atoms with Crippen LogP contribution in [-0.4, -0.2) is 28.4 Å². The smallest absolute Gasteiger partial charge is 0.335 e. The molecular weight excluding hydrogens is 340 g/mol. The standard InChI is InChI=1S/C23H38O4/c1-16(2)19-14-18(22(24)25)15-20(17(3)4)21(19)27-13-11-9-7-8-10-12-23(5,6)26/h14-17,26H,7-13H2,1-6H3,(H,24,25). The van der Waals surface area contributed by atoms with Crippen LogP contribution in [-0.2, 0) is 0 Å². The lowest BCUT2D eigenvalue weighted by Crippen LogP contribution is -2.17. The Morgan fingerprint density at radius 1 is 0.963 bits per heavy atom. The largest absolute Gasteiger partial charge is 0.493 e. The summed E-state index contributed by atoms with van der Waals surface area (Å²) in [6.07, 6.45) is 6.26. The molecule has 0 aliphatic carbocycles. The van der Waals surface area contributed by atoms with E-state index >= 15 is 0 Å². The van der Waals surface area contributed by atoms with Gasteiger partial charge in [0.25, 0.3) is 0 Å². The van der Waals surface area contributed by atoms with Gasteiger partial charge in [0.05, 0.1) is 17.8 Å². The van der Waals surface area contributed by atoms with Gasteiger partial charge in [-0.25, -0.2) is 4.79 Å². The van der Waals surface area contributed by atoms with Gasteiger partial charge in [-0.1, -0.05) is 53.4 Å². The summed E-state index contributed by atoms with van der Waals surface area (Å²) in [4.78, 5) is 11.5. The Morgan fingerprint density at radius 2 is 1.44 bits per heavy atom. The van der Waals surface area contributed by atoms with E-state index in [0.29, 0.717) is 12.2 Å². The van der Waals surface area contributed by atoms with Crippen LogP contribution in [0.5, 0.6) is 5.75 Å². The van der Waals surface area contributed by atoms with Gasteiger partial charge in [-0.3, -0.25) is 0 Å². The molecule has 0 radical (unpaired) electrons. The number of unbranched alkanes of at least 4 members (excludes halogenated alkanes) is 4. The van der Waals surface area contributed by atoms with Gasteiger partial charge in [0.2, 0.25) is 0 Å². The highest BCUT2D eigenvalue weighted by atomic mass is 16.5. The number of hydrogen-bond donors (Lipinski definition) is 2. The maximum atomic E-state index is 11.5. The lowest BCUT2D eigenvalue weighted by atomic mass is 9.91. The summed E-state index contributed by atoms with van der Waals surface area (Å²) in [6, 6.07) is 3.51. The molecular formula is C23H38O4. The highest BCUT2D eigenvalue weighted by Crippen LogP contribution is 2.36. The van der Waals surface area contributed by atoms with Gasteiger partial charge in [0.15, 0.2) is 0 Å². The second-order valence-electron chi connectivity index (χ2n) is 8.78. The third kappa shape index (κ3) is 8.34. The molecule has 1 aromatic rings. The molecule has 154 valence electrons. The first kappa shape index (κ1) is 23.5. The van der Waals surface area contributed by atoms with Crippen molar-refractivity contribution >= 4 is 5.97 Å². The minimum Gasteiger partial charge on any atom is -0.493 e. The first-order valence-corrected chi connectivity index (χ1v) is 10.3. The lowest BCUT2D eigenvalue weighted by molar-refractivity contribution is 0.0676. The SMILES string of the molecule is CC(C)c1cc(C(=O)O)cc(C(C)C)c1OCCCCCCCC(C)(C)O. The van der Waals surface area contributed by atoms with Crippen LogP contribution in [0.15, 0.2) is 12.1 Å². The summed E-state index contributed by atoms with van der Waals surface area (Å²) in [7, 11) is 0. The predicted molar refractivity (Wildman–Crippen MR) is 111 cm³/mol. The minimum atomic E-state index is -0.892. The molecule has 0 spiro atoms. The van der Waals surface area contributed by atoms with Crippen LogP contribution in [0.1, 0.15) is 113 Å². The summed E-state index contributed by atoms with van der Waals surface area (Å²) in [5, 5.41) is 19.1. The number of carbonyl (C=O) groups is 1. The number of rotatable bonds is 12. The number of aromatic carboxylic acids is 1.